The number of amides is 1. The standard InChI is InChI=1S/C17H25N5OS/c1-10(2)17-20-11(3)14(24-17)16(23)19-12(4)15-21-18-9-22(15)13-7-5-6-8-13/h9-10,12-13H,5-8H2,1-4H3,(H,19,23). The molecule has 0 aromatic carbocycles. The third-order valence-electron chi connectivity index (χ3n) is 4.57. The van der Waals surface area contributed by atoms with E-state index in [0.717, 1.165) is 29.4 Å². The van der Waals surface area contributed by atoms with Gasteiger partial charge < -0.3 is 9.88 Å². The normalized spacial score (nSPS) is 16.7. The molecule has 2 aromatic heterocycles. The van der Waals surface area contributed by atoms with Crippen LogP contribution in [0.15, 0.2) is 6.33 Å². The Kier molecular flexibility index (Phi) is 4.99. The number of aromatic nitrogens is 4. The summed E-state index contributed by atoms with van der Waals surface area (Å²) in [6.45, 7) is 8.04. The largest absolute Gasteiger partial charge is 0.342 e. The zero-order chi connectivity index (χ0) is 17.3. The summed E-state index contributed by atoms with van der Waals surface area (Å²) in [6.07, 6.45) is 6.62. The minimum atomic E-state index is -0.176. The summed E-state index contributed by atoms with van der Waals surface area (Å²) in [5.74, 6) is 1.09. The molecule has 3 rings (SSSR count). The van der Waals surface area contributed by atoms with Crippen LogP contribution in [0.3, 0.4) is 0 Å². The van der Waals surface area contributed by atoms with Gasteiger partial charge >= 0.3 is 0 Å². The molecule has 1 unspecified atom stereocenters. The number of nitrogens with one attached hydrogen (secondary N) is 1. The van der Waals surface area contributed by atoms with Crippen LogP contribution in [-0.4, -0.2) is 25.7 Å². The molecule has 0 bridgehead atoms. The maximum Gasteiger partial charge on any atom is 0.263 e. The molecular formula is C17H25N5OS. The van der Waals surface area contributed by atoms with Gasteiger partial charge in [0, 0.05) is 12.0 Å². The molecule has 1 N–H and O–H groups in total. The molecule has 0 aliphatic heterocycles. The van der Waals surface area contributed by atoms with Gasteiger partial charge in [-0.3, -0.25) is 4.79 Å². The third-order valence-corrected chi connectivity index (χ3v) is 6.02. The highest BCUT2D eigenvalue weighted by Crippen LogP contribution is 2.31. The van der Waals surface area contributed by atoms with Crippen LogP contribution < -0.4 is 5.32 Å². The van der Waals surface area contributed by atoms with Gasteiger partial charge in [-0.25, -0.2) is 4.98 Å². The first kappa shape index (κ1) is 17.1. The van der Waals surface area contributed by atoms with Crippen molar-refractivity contribution in [2.45, 2.75) is 71.4 Å². The highest BCUT2D eigenvalue weighted by atomic mass is 32.1. The number of hydrogen-bond donors (Lipinski definition) is 1. The molecule has 1 saturated carbocycles. The Morgan fingerprint density at radius 2 is 2.04 bits per heavy atom. The molecule has 1 atom stereocenters. The lowest BCUT2D eigenvalue weighted by atomic mass is 10.2. The van der Waals surface area contributed by atoms with E-state index in [-0.39, 0.29) is 11.9 Å². The minimum absolute atomic E-state index is 0.0784. The minimum Gasteiger partial charge on any atom is -0.342 e. The third kappa shape index (κ3) is 3.36. The summed E-state index contributed by atoms with van der Waals surface area (Å²) in [4.78, 5) is 17.8. The lowest BCUT2D eigenvalue weighted by molar-refractivity contribution is 0.0940. The van der Waals surface area contributed by atoms with E-state index >= 15 is 0 Å². The van der Waals surface area contributed by atoms with Crippen LogP contribution in [-0.2, 0) is 0 Å². The highest BCUT2D eigenvalue weighted by Gasteiger charge is 2.25. The average molecular weight is 347 g/mol. The van der Waals surface area contributed by atoms with Crippen molar-refractivity contribution in [3.05, 3.63) is 27.7 Å². The second-order valence-electron chi connectivity index (χ2n) is 6.85. The van der Waals surface area contributed by atoms with Gasteiger partial charge in [0.05, 0.1) is 16.7 Å². The summed E-state index contributed by atoms with van der Waals surface area (Å²) in [5.41, 5.74) is 0.797. The fourth-order valence-corrected chi connectivity index (χ4v) is 4.20. The molecule has 2 aromatic rings. The van der Waals surface area contributed by atoms with E-state index in [1.807, 2.05) is 13.8 Å². The van der Waals surface area contributed by atoms with E-state index in [9.17, 15) is 4.79 Å². The van der Waals surface area contributed by atoms with Gasteiger partial charge in [0.25, 0.3) is 5.91 Å². The number of rotatable bonds is 5. The van der Waals surface area contributed by atoms with Gasteiger partial charge in [0.2, 0.25) is 0 Å². The lowest BCUT2D eigenvalue weighted by Gasteiger charge is -2.18. The molecule has 2 heterocycles. The molecule has 24 heavy (non-hydrogen) atoms. The van der Waals surface area contributed by atoms with Crippen molar-refractivity contribution in [3.8, 4) is 0 Å². The molecular weight excluding hydrogens is 322 g/mol. The Morgan fingerprint density at radius 3 is 2.67 bits per heavy atom. The quantitative estimate of drug-likeness (QED) is 0.893. The Morgan fingerprint density at radius 1 is 1.33 bits per heavy atom. The second kappa shape index (κ2) is 7.01. The van der Waals surface area contributed by atoms with Crippen molar-refractivity contribution >= 4 is 17.2 Å². The summed E-state index contributed by atoms with van der Waals surface area (Å²) >= 11 is 1.48. The summed E-state index contributed by atoms with van der Waals surface area (Å²) < 4.78 is 2.14. The average Bonchev–Trinajstić information content (AvgIpc) is 3.26. The fraction of sp³-hybridized carbons (Fsp3) is 0.647. The van der Waals surface area contributed by atoms with Crippen molar-refractivity contribution in [3.63, 3.8) is 0 Å². The van der Waals surface area contributed by atoms with Gasteiger partial charge in [0.1, 0.15) is 11.2 Å². The lowest BCUT2D eigenvalue weighted by Crippen LogP contribution is -2.29. The number of carbonyl (C=O) groups excluding carboxylic acids is 1. The summed E-state index contributed by atoms with van der Waals surface area (Å²) in [6, 6.07) is 0.289. The molecule has 1 amide bonds. The topological polar surface area (TPSA) is 72.7 Å². The predicted molar refractivity (Wildman–Crippen MR) is 94.3 cm³/mol. The number of hydrogen-bond acceptors (Lipinski definition) is 5. The molecule has 1 fully saturated rings. The predicted octanol–water partition coefficient (Wildman–Crippen LogP) is 3.77. The maximum absolute atomic E-state index is 12.6. The second-order valence-corrected chi connectivity index (χ2v) is 7.88. The van der Waals surface area contributed by atoms with Gasteiger partial charge in [0.15, 0.2) is 5.82 Å². The van der Waals surface area contributed by atoms with Crippen LogP contribution in [0.25, 0.3) is 0 Å². The van der Waals surface area contributed by atoms with Gasteiger partial charge in [-0.15, -0.1) is 21.5 Å². The van der Waals surface area contributed by atoms with E-state index in [1.165, 1.54) is 24.2 Å². The van der Waals surface area contributed by atoms with Crippen molar-refractivity contribution in [1.29, 1.82) is 0 Å². The number of nitrogens with zero attached hydrogens (tertiary/aromatic N) is 4. The number of aryl methyl sites for hydroxylation is 1. The van der Waals surface area contributed by atoms with Crippen LogP contribution in [0.1, 0.15) is 90.7 Å². The first-order valence-corrected chi connectivity index (χ1v) is 9.46. The summed E-state index contributed by atoms with van der Waals surface area (Å²) in [7, 11) is 0. The molecule has 0 spiro atoms. The van der Waals surface area contributed by atoms with Gasteiger partial charge in [-0.2, -0.15) is 0 Å². The van der Waals surface area contributed by atoms with Crippen LogP contribution in [0, 0.1) is 6.92 Å². The monoisotopic (exact) mass is 347 g/mol. The van der Waals surface area contributed by atoms with Crippen LogP contribution in [0.2, 0.25) is 0 Å². The van der Waals surface area contributed by atoms with Gasteiger partial charge in [-0.1, -0.05) is 26.7 Å². The Hall–Kier alpha value is -1.76. The number of thiazole rings is 1. The smallest absolute Gasteiger partial charge is 0.263 e. The zero-order valence-electron chi connectivity index (χ0n) is 14.7. The molecule has 1 aliphatic carbocycles. The van der Waals surface area contributed by atoms with E-state index < -0.39 is 0 Å². The Labute approximate surface area is 146 Å². The molecule has 1 aliphatic rings. The summed E-state index contributed by atoms with van der Waals surface area (Å²) in [5, 5.41) is 12.4. The Bertz CT molecular complexity index is 714. The first-order valence-electron chi connectivity index (χ1n) is 8.65. The molecule has 0 saturated heterocycles. The van der Waals surface area contributed by atoms with Crippen LogP contribution in [0.4, 0.5) is 0 Å². The molecule has 7 heteroatoms. The zero-order valence-corrected chi connectivity index (χ0v) is 15.6. The van der Waals surface area contributed by atoms with Crippen LogP contribution in [0.5, 0.6) is 0 Å². The fourth-order valence-electron chi connectivity index (χ4n) is 3.23. The van der Waals surface area contributed by atoms with Gasteiger partial charge in [-0.05, 0) is 26.7 Å². The molecule has 6 nitrogen and oxygen atoms in total. The highest BCUT2D eigenvalue weighted by molar-refractivity contribution is 7.13. The van der Waals surface area contributed by atoms with E-state index in [2.05, 4.69) is 38.9 Å². The van der Waals surface area contributed by atoms with Crippen molar-refractivity contribution < 1.29 is 4.79 Å². The van der Waals surface area contributed by atoms with Crippen molar-refractivity contribution in [1.82, 2.24) is 25.1 Å². The first-order chi connectivity index (χ1) is 11.5. The van der Waals surface area contributed by atoms with E-state index in [0.29, 0.717) is 16.8 Å². The van der Waals surface area contributed by atoms with Crippen LogP contribution >= 0.6 is 11.3 Å². The van der Waals surface area contributed by atoms with E-state index in [4.69, 9.17) is 0 Å². The molecule has 0 radical (unpaired) electrons. The van der Waals surface area contributed by atoms with Crippen molar-refractivity contribution in [2.24, 2.45) is 0 Å². The SMILES string of the molecule is Cc1nc(C(C)C)sc1C(=O)NC(C)c1nncn1C1CCCC1. The number of carbonyl (C=O) groups is 1. The van der Waals surface area contributed by atoms with Crippen molar-refractivity contribution in [2.75, 3.05) is 0 Å². The maximum atomic E-state index is 12.6. The van der Waals surface area contributed by atoms with E-state index in [1.54, 1.807) is 6.33 Å². The Balaban J connectivity index is 1.74. The molecule has 130 valence electrons.